The summed E-state index contributed by atoms with van der Waals surface area (Å²) in [6.07, 6.45) is 9.05. The van der Waals surface area contributed by atoms with Crippen LogP contribution in [-0.4, -0.2) is 76.4 Å². The topological polar surface area (TPSA) is 92.4 Å². The van der Waals surface area contributed by atoms with Crippen LogP contribution in [-0.2, 0) is 0 Å². The minimum Gasteiger partial charge on any atom is -0.461 e. The van der Waals surface area contributed by atoms with E-state index < -0.39 is 23.3 Å². The first-order valence-corrected chi connectivity index (χ1v) is 15.2. The van der Waals surface area contributed by atoms with Crippen molar-refractivity contribution in [2.45, 2.75) is 55.9 Å². The highest BCUT2D eigenvalue weighted by molar-refractivity contribution is 6.02. The molecule has 0 saturated carbocycles. The van der Waals surface area contributed by atoms with Crippen LogP contribution in [0.15, 0.2) is 30.3 Å². The average Bonchev–Trinajstić information content (AvgIpc) is 3.65. The number of nitrogens with one attached hydrogen (secondary N) is 1. The zero-order valence-electron chi connectivity index (χ0n) is 24.1. The second kappa shape index (κ2) is 10.2. The summed E-state index contributed by atoms with van der Waals surface area (Å²) >= 11 is 0. The minimum atomic E-state index is -0.917. The van der Waals surface area contributed by atoms with Crippen LogP contribution in [0.1, 0.15) is 37.7 Å². The van der Waals surface area contributed by atoms with Crippen molar-refractivity contribution >= 4 is 33.3 Å². The molecule has 0 radical (unpaired) electrons. The lowest BCUT2D eigenvalue weighted by Crippen LogP contribution is -2.51. The molecule has 0 spiro atoms. The van der Waals surface area contributed by atoms with Gasteiger partial charge in [-0.25, -0.2) is 18.2 Å². The Labute approximate surface area is 252 Å². The van der Waals surface area contributed by atoms with Crippen molar-refractivity contribution in [3.05, 3.63) is 47.5 Å². The third-order valence-electron chi connectivity index (χ3n) is 9.86. The molecule has 4 aliphatic rings. The van der Waals surface area contributed by atoms with Crippen LogP contribution in [0.2, 0.25) is 0 Å². The second-order valence-corrected chi connectivity index (χ2v) is 12.6. The van der Waals surface area contributed by atoms with Crippen molar-refractivity contribution in [3.63, 3.8) is 0 Å². The number of aromatic nitrogens is 3. The Morgan fingerprint density at radius 1 is 1.11 bits per heavy atom. The first kappa shape index (κ1) is 27.4. The fourth-order valence-corrected chi connectivity index (χ4v) is 7.93. The highest BCUT2D eigenvalue weighted by Gasteiger charge is 2.49. The number of pyridine rings is 1. The molecule has 4 saturated heterocycles. The lowest BCUT2D eigenvalue weighted by molar-refractivity contribution is 0.107. The van der Waals surface area contributed by atoms with E-state index in [4.69, 9.17) is 21.9 Å². The van der Waals surface area contributed by atoms with Gasteiger partial charge in [0.25, 0.3) is 0 Å². The van der Waals surface area contributed by atoms with E-state index in [2.05, 4.69) is 31.0 Å². The summed E-state index contributed by atoms with van der Waals surface area (Å²) in [4.78, 5) is 17.8. The number of nitrogen functional groups attached to an aromatic ring is 1. The van der Waals surface area contributed by atoms with Gasteiger partial charge < -0.3 is 20.7 Å². The predicted molar refractivity (Wildman–Crippen MR) is 163 cm³/mol. The van der Waals surface area contributed by atoms with Gasteiger partial charge in [0.1, 0.15) is 35.7 Å². The number of alkyl halides is 1. The monoisotopic (exact) mass is 599 g/mol. The van der Waals surface area contributed by atoms with Gasteiger partial charge in [0.15, 0.2) is 5.82 Å². The Balaban J connectivity index is 1.29. The SMILES string of the molecule is C#Cc1cccc2cc(N)nc(-c3c(F)cc4c(N5CC6CCC(C5)N6)nc(OC[C@@]56CCCN5C[C@H](F)C6)nc4c3F)c12. The standard InChI is InChI=1S/C33H32F3N7O/c1-2-18-5-3-6-19-11-25(37)39-30(26(18)19)27-24(35)12-23-29(28(27)36)40-32(41-31(23)42-15-21-7-8-22(16-42)38-21)44-17-33-9-4-10-43(33)14-20(34)13-33/h1,3,5-6,11-12,20-22,38H,4,7-10,13-17H2,(H2,37,39)/t20-,21?,22?,33+/m1/s1. The Morgan fingerprint density at radius 2 is 1.93 bits per heavy atom. The van der Waals surface area contributed by atoms with Crippen molar-refractivity contribution in [2.24, 2.45) is 0 Å². The minimum absolute atomic E-state index is 0.00808. The number of ether oxygens (including phenoxy) is 1. The van der Waals surface area contributed by atoms with Crippen LogP contribution in [0.4, 0.5) is 24.8 Å². The van der Waals surface area contributed by atoms with Crippen LogP contribution >= 0.6 is 0 Å². The van der Waals surface area contributed by atoms with Gasteiger partial charge in [0.05, 0.1) is 16.8 Å². The number of hydrogen-bond acceptors (Lipinski definition) is 8. The average molecular weight is 600 g/mol. The molecule has 44 heavy (non-hydrogen) atoms. The first-order chi connectivity index (χ1) is 21.3. The molecule has 2 bridgehead atoms. The second-order valence-electron chi connectivity index (χ2n) is 12.6. The number of nitrogens with two attached hydrogens (primary N) is 1. The van der Waals surface area contributed by atoms with E-state index in [1.165, 1.54) is 6.07 Å². The van der Waals surface area contributed by atoms with E-state index in [1.807, 2.05) is 0 Å². The summed E-state index contributed by atoms with van der Waals surface area (Å²) in [6, 6.07) is 8.62. The summed E-state index contributed by atoms with van der Waals surface area (Å²) in [6.45, 7) is 2.67. The molecular weight excluding hydrogens is 567 g/mol. The van der Waals surface area contributed by atoms with Crippen molar-refractivity contribution in [2.75, 3.05) is 43.4 Å². The molecule has 4 fully saturated rings. The number of terminal acetylenes is 1. The van der Waals surface area contributed by atoms with Crippen LogP contribution < -0.4 is 20.7 Å². The molecule has 3 N–H and O–H groups in total. The van der Waals surface area contributed by atoms with Crippen molar-refractivity contribution in [1.82, 2.24) is 25.2 Å². The number of nitrogens with zero attached hydrogens (tertiary/aromatic N) is 5. The molecule has 2 aromatic heterocycles. The molecule has 2 aromatic carbocycles. The molecule has 8 rings (SSSR count). The van der Waals surface area contributed by atoms with Crippen LogP contribution in [0.3, 0.4) is 0 Å². The summed E-state index contributed by atoms with van der Waals surface area (Å²) in [5.74, 6) is 1.40. The largest absolute Gasteiger partial charge is 0.461 e. The van der Waals surface area contributed by atoms with E-state index in [-0.39, 0.29) is 52.7 Å². The number of hydrogen-bond donors (Lipinski definition) is 2. The Kier molecular flexibility index (Phi) is 6.36. The molecule has 2 unspecified atom stereocenters. The molecule has 4 aliphatic heterocycles. The van der Waals surface area contributed by atoms with Gasteiger partial charge in [-0.3, -0.25) is 4.90 Å². The maximum atomic E-state index is 16.8. The smallest absolute Gasteiger partial charge is 0.319 e. The number of benzene rings is 2. The fourth-order valence-electron chi connectivity index (χ4n) is 7.93. The maximum absolute atomic E-state index is 16.8. The van der Waals surface area contributed by atoms with Gasteiger partial charge in [0.2, 0.25) is 0 Å². The molecule has 4 aromatic rings. The molecule has 8 nitrogen and oxygen atoms in total. The quantitative estimate of drug-likeness (QED) is 0.322. The van der Waals surface area contributed by atoms with Crippen LogP contribution in [0.5, 0.6) is 6.01 Å². The predicted octanol–water partition coefficient (Wildman–Crippen LogP) is 4.58. The molecule has 226 valence electrons. The number of halogens is 3. The molecule has 0 amide bonds. The third-order valence-corrected chi connectivity index (χ3v) is 9.86. The number of anilines is 2. The molecular formula is C33H32F3N7O. The number of rotatable bonds is 5. The highest BCUT2D eigenvalue weighted by Crippen LogP contribution is 2.42. The molecule has 0 aliphatic carbocycles. The van der Waals surface area contributed by atoms with Gasteiger partial charge in [-0.2, -0.15) is 9.97 Å². The lowest BCUT2D eigenvalue weighted by atomic mass is 9.95. The summed E-state index contributed by atoms with van der Waals surface area (Å²) in [7, 11) is 0. The van der Waals surface area contributed by atoms with Crippen molar-refractivity contribution < 1.29 is 17.9 Å². The Morgan fingerprint density at radius 3 is 2.73 bits per heavy atom. The summed E-state index contributed by atoms with van der Waals surface area (Å²) in [5.41, 5.74) is 5.66. The Hall–Kier alpha value is -4.14. The van der Waals surface area contributed by atoms with Crippen LogP contribution in [0.25, 0.3) is 32.9 Å². The van der Waals surface area contributed by atoms with E-state index >= 15 is 8.78 Å². The highest BCUT2D eigenvalue weighted by atomic mass is 19.1. The van der Waals surface area contributed by atoms with Crippen LogP contribution in [0, 0.1) is 24.0 Å². The van der Waals surface area contributed by atoms with Crippen molar-refractivity contribution in [1.29, 1.82) is 0 Å². The van der Waals surface area contributed by atoms with E-state index in [0.717, 1.165) is 32.2 Å². The maximum Gasteiger partial charge on any atom is 0.319 e. The fraction of sp³-hybridized carbons (Fsp3) is 0.424. The normalized spacial score (nSPS) is 26.4. The van der Waals surface area contributed by atoms with Gasteiger partial charge in [-0.15, -0.1) is 6.42 Å². The van der Waals surface area contributed by atoms with Gasteiger partial charge in [-0.05, 0) is 55.8 Å². The molecule has 6 heterocycles. The van der Waals surface area contributed by atoms with Gasteiger partial charge in [-0.1, -0.05) is 18.1 Å². The summed E-state index contributed by atoms with van der Waals surface area (Å²) < 4.78 is 53.6. The molecule has 11 heteroatoms. The zero-order chi connectivity index (χ0) is 30.2. The number of fused-ring (bicyclic) bond motifs is 5. The zero-order valence-corrected chi connectivity index (χ0v) is 24.1. The lowest BCUT2D eigenvalue weighted by Gasteiger charge is -2.34. The van der Waals surface area contributed by atoms with Gasteiger partial charge in [0, 0.05) is 54.5 Å². The van der Waals surface area contributed by atoms with E-state index in [1.54, 1.807) is 24.3 Å². The van der Waals surface area contributed by atoms with Gasteiger partial charge >= 0.3 is 6.01 Å². The Bertz CT molecular complexity index is 1850. The number of piperazine rings is 1. The third kappa shape index (κ3) is 4.34. The van der Waals surface area contributed by atoms with Crippen molar-refractivity contribution in [3.8, 4) is 29.6 Å². The molecule has 4 atom stereocenters. The summed E-state index contributed by atoms with van der Waals surface area (Å²) in [5, 5.41) is 4.88. The first-order valence-electron chi connectivity index (χ1n) is 15.2. The van der Waals surface area contributed by atoms with E-state index in [0.29, 0.717) is 48.2 Å². The van der Waals surface area contributed by atoms with E-state index in [9.17, 15) is 4.39 Å².